The molecule has 1 aromatic heterocycles. The van der Waals surface area contributed by atoms with Gasteiger partial charge < -0.3 is 9.64 Å². The first-order chi connectivity index (χ1) is 12.0. The van der Waals surface area contributed by atoms with Crippen LogP contribution >= 0.6 is 11.6 Å². The number of amides is 1. The Kier molecular flexibility index (Phi) is 5.23. The van der Waals surface area contributed by atoms with E-state index in [0.29, 0.717) is 16.3 Å². The third kappa shape index (κ3) is 3.93. The van der Waals surface area contributed by atoms with Crippen molar-refractivity contribution in [2.45, 2.75) is 39.2 Å². The molecule has 2 heterocycles. The van der Waals surface area contributed by atoms with Crippen LogP contribution in [0.25, 0.3) is 10.9 Å². The van der Waals surface area contributed by atoms with Gasteiger partial charge in [0, 0.05) is 23.0 Å². The third-order valence-electron chi connectivity index (χ3n) is 4.64. The van der Waals surface area contributed by atoms with Crippen molar-refractivity contribution in [2.24, 2.45) is 0 Å². The summed E-state index contributed by atoms with van der Waals surface area (Å²) in [6.07, 6.45) is 3.13. The third-order valence-corrected chi connectivity index (χ3v) is 4.87. The molecule has 1 aliphatic heterocycles. The number of likely N-dealkylation sites (tertiary alicyclic amines) is 1. The van der Waals surface area contributed by atoms with Crippen molar-refractivity contribution in [1.82, 2.24) is 9.88 Å². The van der Waals surface area contributed by atoms with Gasteiger partial charge in [-0.15, -0.1) is 0 Å². The second-order valence-corrected chi connectivity index (χ2v) is 6.90. The first-order valence-electron chi connectivity index (χ1n) is 8.49. The van der Waals surface area contributed by atoms with Crippen LogP contribution in [0, 0.1) is 6.92 Å². The number of esters is 1. The minimum absolute atomic E-state index is 0.144. The molecule has 0 spiro atoms. The lowest BCUT2D eigenvalue weighted by molar-refractivity contribution is -0.137. The smallest absolute Gasteiger partial charge is 0.340 e. The van der Waals surface area contributed by atoms with Crippen molar-refractivity contribution in [2.75, 3.05) is 13.2 Å². The number of carbonyl (C=O) groups is 2. The number of nitrogens with zero attached hydrogens (tertiary/aromatic N) is 2. The lowest BCUT2D eigenvalue weighted by atomic mass is 10.0. The molecule has 1 atom stereocenters. The molecule has 3 rings (SSSR count). The summed E-state index contributed by atoms with van der Waals surface area (Å²) in [5.74, 6) is -0.681. The molecular weight excluding hydrogens is 340 g/mol. The Labute approximate surface area is 151 Å². The van der Waals surface area contributed by atoms with Gasteiger partial charge >= 0.3 is 5.97 Å². The molecule has 0 bridgehead atoms. The molecule has 0 saturated carbocycles. The van der Waals surface area contributed by atoms with E-state index in [9.17, 15) is 9.59 Å². The maximum absolute atomic E-state index is 12.4. The summed E-state index contributed by atoms with van der Waals surface area (Å²) in [6, 6.07) is 7.22. The number of benzene rings is 1. The number of rotatable bonds is 3. The number of aromatic nitrogens is 1. The van der Waals surface area contributed by atoms with Gasteiger partial charge in [0.1, 0.15) is 0 Å². The number of halogens is 1. The van der Waals surface area contributed by atoms with Crippen molar-refractivity contribution in [1.29, 1.82) is 0 Å². The maximum Gasteiger partial charge on any atom is 0.340 e. The summed E-state index contributed by atoms with van der Waals surface area (Å²) >= 11 is 6.00. The highest BCUT2D eigenvalue weighted by Gasteiger charge is 2.24. The van der Waals surface area contributed by atoms with E-state index in [1.165, 1.54) is 0 Å². The molecule has 2 aromatic rings. The van der Waals surface area contributed by atoms with Crippen molar-refractivity contribution < 1.29 is 14.3 Å². The van der Waals surface area contributed by atoms with E-state index < -0.39 is 5.97 Å². The van der Waals surface area contributed by atoms with Crippen molar-refractivity contribution in [3.63, 3.8) is 0 Å². The van der Waals surface area contributed by atoms with Gasteiger partial charge in [0.15, 0.2) is 6.61 Å². The minimum Gasteiger partial charge on any atom is -0.452 e. The Morgan fingerprint density at radius 3 is 2.88 bits per heavy atom. The number of hydrogen-bond donors (Lipinski definition) is 0. The SMILES string of the molecule is Cc1nc2ccc(Cl)cc2cc1C(=O)OCC(=O)N1CCCCC1C. The van der Waals surface area contributed by atoms with E-state index in [1.807, 2.05) is 6.92 Å². The van der Waals surface area contributed by atoms with Crippen molar-refractivity contribution >= 4 is 34.4 Å². The Morgan fingerprint density at radius 2 is 2.12 bits per heavy atom. The number of fused-ring (bicyclic) bond motifs is 1. The number of piperidine rings is 1. The number of pyridine rings is 1. The number of ether oxygens (including phenoxy) is 1. The van der Waals surface area contributed by atoms with Crippen LogP contribution in [0.1, 0.15) is 42.2 Å². The molecule has 0 N–H and O–H groups in total. The Morgan fingerprint density at radius 1 is 1.32 bits per heavy atom. The first kappa shape index (κ1) is 17.7. The minimum atomic E-state index is -0.537. The van der Waals surface area contributed by atoms with E-state index in [0.717, 1.165) is 36.7 Å². The second-order valence-electron chi connectivity index (χ2n) is 6.47. The zero-order valence-electron chi connectivity index (χ0n) is 14.4. The zero-order valence-corrected chi connectivity index (χ0v) is 15.2. The van der Waals surface area contributed by atoms with Gasteiger partial charge in [-0.1, -0.05) is 11.6 Å². The highest BCUT2D eigenvalue weighted by molar-refractivity contribution is 6.31. The molecule has 6 heteroatoms. The normalized spacial score (nSPS) is 17.6. The molecule has 0 radical (unpaired) electrons. The summed E-state index contributed by atoms with van der Waals surface area (Å²) in [4.78, 5) is 30.9. The second kappa shape index (κ2) is 7.40. The molecule has 1 unspecified atom stereocenters. The number of aryl methyl sites for hydroxylation is 1. The predicted molar refractivity (Wildman–Crippen MR) is 96.8 cm³/mol. The average molecular weight is 361 g/mol. The van der Waals surface area contributed by atoms with Crippen LogP contribution in [-0.4, -0.2) is 41.0 Å². The van der Waals surface area contributed by atoms with Gasteiger partial charge in [-0.2, -0.15) is 0 Å². The molecule has 1 saturated heterocycles. The van der Waals surface area contributed by atoms with Gasteiger partial charge in [-0.3, -0.25) is 9.78 Å². The predicted octanol–water partition coefficient (Wildman–Crippen LogP) is 3.75. The fraction of sp³-hybridized carbons (Fsp3) is 0.421. The topological polar surface area (TPSA) is 59.5 Å². The summed E-state index contributed by atoms with van der Waals surface area (Å²) in [6.45, 7) is 4.27. The number of hydrogen-bond acceptors (Lipinski definition) is 4. The van der Waals surface area contributed by atoms with Gasteiger partial charge in [0.2, 0.25) is 0 Å². The lowest BCUT2D eigenvalue weighted by Gasteiger charge is -2.33. The van der Waals surface area contributed by atoms with Crippen LogP contribution in [0.15, 0.2) is 24.3 Å². The van der Waals surface area contributed by atoms with Crippen LogP contribution in [0.3, 0.4) is 0 Å². The fourth-order valence-electron chi connectivity index (χ4n) is 3.21. The van der Waals surface area contributed by atoms with E-state index >= 15 is 0 Å². The summed E-state index contributed by atoms with van der Waals surface area (Å²) < 4.78 is 5.25. The van der Waals surface area contributed by atoms with Crippen LogP contribution in [0.5, 0.6) is 0 Å². The number of carbonyl (C=O) groups excluding carboxylic acids is 2. The molecule has 1 aromatic carbocycles. The molecule has 0 aliphatic carbocycles. The average Bonchev–Trinajstić information content (AvgIpc) is 2.59. The molecule has 5 nitrogen and oxygen atoms in total. The molecule has 25 heavy (non-hydrogen) atoms. The van der Waals surface area contributed by atoms with Gasteiger partial charge in [-0.05, 0) is 57.4 Å². The van der Waals surface area contributed by atoms with E-state index in [4.69, 9.17) is 16.3 Å². The zero-order chi connectivity index (χ0) is 18.0. The standard InChI is InChI=1S/C19H21ClN2O3/c1-12-5-3-4-8-22(12)18(23)11-25-19(24)16-10-14-9-15(20)6-7-17(14)21-13(16)2/h6-7,9-10,12H,3-5,8,11H2,1-2H3. The largest absolute Gasteiger partial charge is 0.452 e. The molecule has 1 aliphatic rings. The molecule has 1 fully saturated rings. The molecular formula is C19H21ClN2O3. The Bertz CT molecular complexity index is 822. The molecule has 1 amide bonds. The quantitative estimate of drug-likeness (QED) is 0.782. The van der Waals surface area contributed by atoms with E-state index in [2.05, 4.69) is 4.98 Å². The summed E-state index contributed by atoms with van der Waals surface area (Å²) in [5, 5.41) is 1.34. The van der Waals surface area contributed by atoms with Crippen molar-refractivity contribution in [3.05, 3.63) is 40.5 Å². The molecule has 132 valence electrons. The van der Waals surface area contributed by atoms with Gasteiger partial charge in [0.25, 0.3) is 5.91 Å². The highest BCUT2D eigenvalue weighted by atomic mass is 35.5. The highest BCUT2D eigenvalue weighted by Crippen LogP contribution is 2.21. The van der Waals surface area contributed by atoms with Crippen LogP contribution in [-0.2, 0) is 9.53 Å². The van der Waals surface area contributed by atoms with Crippen LogP contribution < -0.4 is 0 Å². The maximum atomic E-state index is 12.4. The van der Waals surface area contributed by atoms with Gasteiger partial charge in [-0.25, -0.2) is 4.79 Å². The Balaban J connectivity index is 1.71. The van der Waals surface area contributed by atoms with Crippen molar-refractivity contribution in [3.8, 4) is 0 Å². The first-order valence-corrected chi connectivity index (χ1v) is 8.87. The van der Waals surface area contributed by atoms with Crippen LogP contribution in [0.4, 0.5) is 0 Å². The monoisotopic (exact) mass is 360 g/mol. The Hall–Kier alpha value is -2.14. The van der Waals surface area contributed by atoms with E-state index in [-0.39, 0.29) is 18.6 Å². The fourth-order valence-corrected chi connectivity index (χ4v) is 3.39. The lowest BCUT2D eigenvalue weighted by Crippen LogP contribution is -2.44. The van der Waals surface area contributed by atoms with E-state index in [1.54, 1.807) is 36.1 Å². The summed E-state index contributed by atoms with van der Waals surface area (Å²) in [7, 11) is 0. The summed E-state index contributed by atoms with van der Waals surface area (Å²) in [5.41, 5.74) is 1.68. The van der Waals surface area contributed by atoms with Crippen LogP contribution in [0.2, 0.25) is 5.02 Å². The van der Waals surface area contributed by atoms with Gasteiger partial charge in [0.05, 0.1) is 16.8 Å².